The number of hydrogen-bond donors (Lipinski definition) is 1. The second-order valence-electron chi connectivity index (χ2n) is 7.65. The van der Waals surface area contributed by atoms with E-state index in [1.165, 1.54) is 11.1 Å². The van der Waals surface area contributed by atoms with Gasteiger partial charge in [-0.2, -0.15) is 0 Å². The van der Waals surface area contributed by atoms with Gasteiger partial charge in [0.25, 0.3) is 0 Å². The molecular weight excluding hydrogens is 392 g/mol. The molecule has 0 aliphatic heterocycles. The lowest BCUT2D eigenvalue weighted by Crippen LogP contribution is -2.49. The summed E-state index contributed by atoms with van der Waals surface area (Å²) in [5, 5.41) is 2.97. The zero-order valence-electron chi connectivity index (χ0n) is 18.6. The molecule has 2 aromatic rings. The predicted octanol–water partition coefficient (Wildman–Crippen LogP) is 4.87. The second-order valence-corrected chi connectivity index (χ2v) is 8.63. The molecule has 2 amide bonds. The van der Waals surface area contributed by atoms with E-state index in [9.17, 15) is 9.59 Å². The molecule has 0 unspecified atom stereocenters. The molecule has 1 atom stereocenters. The summed E-state index contributed by atoms with van der Waals surface area (Å²) in [6.45, 7) is 9.20. The van der Waals surface area contributed by atoms with Crippen LogP contribution in [0.3, 0.4) is 0 Å². The lowest BCUT2D eigenvalue weighted by molar-refractivity contribution is -0.139. The molecule has 0 bridgehead atoms. The molecule has 2 aromatic carbocycles. The van der Waals surface area contributed by atoms with E-state index in [-0.39, 0.29) is 11.8 Å². The Kier molecular flexibility index (Phi) is 9.95. The first-order valence-corrected chi connectivity index (χ1v) is 11.9. The van der Waals surface area contributed by atoms with Crippen LogP contribution in [0.1, 0.15) is 48.9 Å². The first kappa shape index (κ1) is 24.0. The minimum absolute atomic E-state index is 0.00795. The standard InChI is InChI=1S/C25H34N2O2S/c1-5-14-26-25(29)23(6-2)27(16-21-12-9-10-19(3)15-21)24(28)18-30-17-22-13-8-7-11-20(22)4/h7-13,15,23H,5-6,14,16-18H2,1-4H3,(H,26,29)/t23-/m1/s1. The molecule has 0 saturated heterocycles. The summed E-state index contributed by atoms with van der Waals surface area (Å²) in [7, 11) is 0. The molecule has 0 radical (unpaired) electrons. The van der Waals surface area contributed by atoms with Crippen LogP contribution in [0, 0.1) is 13.8 Å². The summed E-state index contributed by atoms with van der Waals surface area (Å²) in [5.41, 5.74) is 4.68. The number of thioether (sulfide) groups is 1. The monoisotopic (exact) mass is 426 g/mol. The summed E-state index contributed by atoms with van der Waals surface area (Å²) in [6.07, 6.45) is 1.47. The van der Waals surface area contributed by atoms with Gasteiger partial charge in [0.1, 0.15) is 6.04 Å². The SMILES string of the molecule is CCCNC(=O)[C@@H](CC)N(Cc1cccc(C)c1)C(=O)CSCc1ccccc1C. The van der Waals surface area contributed by atoms with Gasteiger partial charge in [-0.15, -0.1) is 11.8 Å². The average molecular weight is 427 g/mol. The summed E-state index contributed by atoms with van der Waals surface area (Å²) in [6, 6.07) is 15.9. The van der Waals surface area contributed by atoms with Crippen molar-refractivity contribution in [2.75, 3.05) is 12.3 Å². The Hall–Kier alpha value is -2.27. The average Bonchev–Trinajstić information content (AvgIpc) is 2.73. The highest BCUT2D eigenvalue weighted by Crippen LogP contribution is 2.19. The number of aryl methyl sites for hydroxylation is 2. The number of amides is 2. The van der Waals surface area contributed by atoms with E-state index in [0.717, 1.165) is 23.3 Å². The Morgan fingerprint density at radius 2 is 1.83 bits per heavy atom. The first-order chi connectivity index (χ1) is 14.5. The van der Waals surface area contributed by atoms with Gasteiger partial charge in [-0.3, -0.25) is 9.59 Å². The molecule has 0 aliphatic rings. The Labute approximate surface area is 185 Å². The predicted molar refractivity (Wildman–Crippen MR) is 126 cm³/mol. The van der Waals surface area contributed by atoms with Gasteiger partial charge in [-0.25, -0.2) is 0 Å². The van der Waals surface area contributed by atoms with Gasteiger partial charge >= 0.3 is 0 Å². The minimum atomic E-state index is -0.455. The van der Waals surface area contributed by atoms with Crippen molar-refractivity contribution >= 4 is 23.6 Å². The fourth-order valence-electron chi connectivity index (χ4n) is 3.40. The third kappa shape index (κ3) is 7.21. The Morgan fingerprint density at radius 3 is 2.50 bits per heavy atom. The van der Waals surface area contributed by atoms with Crippen LogP contribution in [0.15, 0.2) is 48.5 Å². The molecule has 162 valence electrons. The fraction of sp³-hybridized carbons (Fsp3) is 0.440. The zero-order chi connectivity index (χ0) is 21.9. The van der Waals surface area contributed by atoms with Crippen LogP contribution in [0.5, 0.6) is 0 Å². The summed E-state index contributed by atoms with van der Waals surface area (Å²) in [4.78, 5) is 27.7. The highest BCUT2D eigenvalue weighted by molar-refractivity contribution is 7.99. The normalized spacial score (nSPS) is 11.7. The van der Waals surface area contributed by atoms with E-state index in [1.807, 2.05) is 51.1 Å². The summed E-state index contributed by atoms with van der Waals surface area (Å²) >= 11 is 1.61. The van der Waals surface area contributed by atoms with Crippen LogP contribution in [0.2, 0.25) is 0 Å². The van der Waals surface area contributed by atoms with Crippen LogP contribution in [-0.2, 0) is 21.9 Å². The molecule has 4 nitrogen and oxygen atoms in total. The van der Waals surface area contributed by atoms with Gasteiger partial charge in [-0.05, 0) is 43.4 Å². The van der Waals surface area contributed by atoms with Crippen LogP contribution < -0.4 is 5.32 Å². The number of carbonyl (C=O) groups is 2. The summed E-state index contributed by atoms with van der Waals surface area (Å²) < 4.78 is 0. The van der Waals surface area contributed by atoms with Gasteiger partial charge in [0.2, 0.25) is 11.8 Å². The number of nitrogens with zero attached hydrogens (tertiary/aromatic N) is 1. The molecule has 30 heavy (non-hydrogen) atoms. The molecule has 5 heteroatoms. The maximum atomic E-state index is 13.2. The van der Waals surface area contributed by atoms with E-state index in [4.69, 9.17) is 0 Å². The van der Waals surface area contributed by atoms with Crippen molar-refractivity contribution in [3.63, 3.8) is 0 Å². The molecule has 0 fully saturated rings. The third-order valence-corrected chi connectivity index (χ3v) is 6.08. The van der Waals surface area contributed by atoms with Gasteiger partial charge in [-0.1, -0.05) is 67.9 Å². The first-order valence-electron chi connectivity index (χ1n) is 10.7. The van der Waals surface area contributed by atoms with Gasteiger partial charge in [0.05, 0.1) is 5.75 Å². The van der Waals surface area contributed by atoms with Crippen molar-refractivity contribution in [3.05, 3.63) is 70.8 Å². The topological polar surface area (TPSA) is 49.4 Å². The lowest BCUT2D eigenvalue weighted by atomic mass is 10.1. The van der Waals surface area contributed by atoms with Crippen molar-refractivity contribution in [3.8, 4) is 0 Å². The Morgan fingerprint density at radius 1 is 1.07 bits per heavy atom. The highest BCUT2D eigenvalue weighted by Gasteiger charge is 2.28. The summed E-state index contributed by atoms with van der Waals surface area (Å²) in [5.74, 6) is 1.09. The largest absolute Gasteiger partial charge is 0.354 e. The molecule has 0 saturated carbocycles. The maximum absolute atomic E-state index is 13.2. The lowest BCUT2D eigenvalue weighted by Gasteiger charge is -2.30. The van der Waals surface area contributed by atoms with E-state index in [1.54, 1.807) is 16.7 Å². The van der Waals surface area contributed by atoms with Crippen molar-refractivity contribution < 1.29 is 9.59 Å². The molecule has 1 N–H and O–H groups in total. The zero-order valence-corrected chi connectivity index (χ0v) is 19.4. The smallest absolute Gasteiger partial charge is 0.242 e. The van der Waals surface area contributed by atoms with E-state index in [2.05, 4.69) is 30.4 Å². The molecule has 0 spiro atoms. The van der Waals surface area contributed by atoms with E-state index >= 15 is 0 Å². The van der Waals surface area contributed by atoms with Crippen LogP contribution in [-0.4, -0.2) is 35.1 Å². The third-order valence-electron chi connectivity index (χ3n) is 5.11. The molecule has 2 rings (SSSR count). The highest BCUT2D eigenvalue weighted by atomic mass is 32.2. The molecule has 0 aromatic heterocycles. The van der Waals surface area contributed by atoms with Crippen molar-refractivity contribution in [1.82, 2.24) is 10.2 Å². The molecular formula is C25H34N2O2S. The fourth-order valence-corrected chi connectivity index (χ4v) is 4.38. The van der Waals surface area contributed by atoms with Crippen molar-refractivity contribution in [2.24, 2.45) is 0 Å². The second kappa shape index (κ2) is 12.4. The molecule has 0 heterocycles. The number of nitrogens with one attached hydrogen (secondary N) is 1. The van der Waals surface area contributed by atoms with Gasteiger partial charge in [0, 0.05) is 18.8 Å². The number of carbonyl (C=O) groups excluding carboxylic acids is 2. The Bertz CT molecular complexity index is 837. The maximum Gasteiger partial charge on any atom is 0.242 e. The van der Waals surface area contributed by atoms with Gasteiger partial charge in [0.15, 0.2) is 0 Å². The van der Waals surface area contributed by atoms with Crippen LogP contribution >= 0.6 is 11.8 Å². The number of hydrogen-bond acceptors (Lipinski definition) is 3. The Balaban J connectivity index is 2.12. The van der Waals surface area contributed by atoms with Crippen molar-refractivity contribution in [2.45, 2.75) is 58.9 Å². The van der Waals surface area contributed by atoms with Gasteiger partial charge < -0.3 is 10.2 Å². The van der Waals surface area contributed by atoms with Crippen LogP contribution in [0.25, 0.3) is 0 Å². The van der Waals surface area contributed by atoms with E-state index < -0.39 is 6.04 Å². The van der Waals surface area contributed by atoms with E-state index in [0.29, 0.717) is 25.3 Å². The number of rotatable bonds is 11. The molecule has 0 aliphatic carbocycles. The van der Waals surface area contributed by atoms with Crippen molar-refractivity contribution in [1.29, 1.82) is 0 Å². The van der Waals surface area contributed by atoms with Crippen LogP contribution in [0.4, 0.5) is 0 Å². The minimum Gasteiger partial charge on any atom is -0.354 e. The quantitative estimate of drug-likeness (QED) is 0.558. The number of benzene rings is 2.